The van der Waals surface area contributed by atoms with E-state index in [2.05, 4.69) is 15.3 Å². The van der Waals surface area contributed by atoms with E-state index in [-0.39, 0.29) is 17.4 Å². The molecular weight excluding hydrogens is 258 g/mol. The van der Waals surface area contributed by atoms with Crippen LogP contribution < -0.4 is 14.8 Å². The molecule has 2 aromatic rings. The Labute approximate surface area is 115 Å². The number of aromatic nitrogens is 2. The maximum absolute atomic E-state index is 12.4. The Hall–Kier alpha value is -2.63. The standard InChI is InChI=1S/C14H13N3O3/c1-19-14-12(15-6-7-16-14)13(18)11-8-17-9-4-2-3-5-10(9)20-11/h2-7,11,17H,8H2,1H3. The summed E-state index contributed by atoms with van der Waals surface area (Å²) in [5.41, 5.74) is 1.06. The van der Waals surface area contributed by atoms with E-state index >= 15 is 0 Å². The van der Waals surface area contributed by atoms with E-state index in [0.29, 0.717) is 12.3 Å². The third-order valence-corrected chi connectivity index (χ3v) is 3.02. The number of ether oxygens (including phenoxy) is 2. The van der Waals surface area contributed by atoms with Crippen LogP contribution in [0.15, 0.2) is 36.7 Å². The molecule has 0 fully saturated rings. The third kappa shape index (κ3) is 2.16. The van der Waals surface area contributed by atoms with E-state index < -0.39 is 6.10 Å². The average Bonchev–Trinajstić information content (AvgIpc) is 2.53. The lowest BCUT2D eigenvalue weighted by Gasteiger charge is -2.26. The van der Waals surface area contributed by atoms with Crippen LogP contribution in [-0.2, 0) is 0 Å². The molecule has 0 saturated carbocycles. The number of nitrogens with one attached hydrogen (secondary N) is 1. The first-order valence-corrected chi connectivity index (χ1v) is 6.18. The monoisotopic (exact) mass is 271 g/mol. The molecule has 102 valence electrons. The van der Waals surface area contributed by atoms with Crippen LogP contribution in [-0.4, -0.2) is 35.5 Å². The van der Waals surface area contributed by atoms with E-state index in [9.17, 15) is 4.79 Å². The van der Waals surface area contributed by atoms with Gasteiger partial charge in [0.15, 0.2) is 11.8 Å². The van der Waals surface area contributed by atoms with Gasteiger partial charge in [-0.25, -0.2) is 9.97 Å². The molecule has 1 aromatic heterocycles. The van der Waals surface area contributed by atoms with Crippen LogP contribution in [0, 0.1) is 0 Å². The van der Waals surface area contributed by atoms with Crippen molar-refractivity contribution in [2.75, 3.05) is 19.0 Å². The van der Waals surface area contributed by atoms with Gasteiger partial charge in [0.05, 0.1) is 19.3 Å². The number of carbonyl (C=O) groups is 1. The quantitative estimate of drug-likeness (QED) is 0.854. The van der Waals surface area contributed by atoms with E-state index in [1.807, 2.05) is 24.3 Å². The lowest BCUT2D eigenvalue weighted by atomic mass is 10.1. The molecule has 0 radical (unpaired) electrons. The third-order valence-electron chi connectivity index (χ3n) is 3.02. The Balaban J connectivity index is 1.86. The fourth-order valence-electron chi connectivity index (χ4n) is 2.06. The number of para-hydroxylation sites is 2. The Bertz CT molecular complexity index is 645. The first-order chi connectivity index (χ1) is 9.79. The highest BCUT2D eigenvalue weighted by Crippen LogP contribution is 2.29. The van der Waals surface area contributed by atoms with Crippen molar-refractivity contribution in [3.63, 3.8) is 0 Å². The Morgan fingerprint density at radius 2 is 2.15 bits per heavy atom. The lowest BCUT2D eigenvalue weighted by Crippen LogP contribution is -2.38. The van der Waals surface area contributed by atoms with Gasteiger partial charge < -0.3 is 14.8 Å². The second kappa shape index (κ2) is 5.16. The number of rotatable bonds is 3. The lowest BCUT2D eigenvalue weighted by molar-refractivity contribution is 0.0792. The first kappa shape index (κ1) is 12.4. The summed E-state index contributed by atoms with van der Waals surface area (Å²) in [6, 6.07) is 7.48. The van der Waals surface area contributed by atoms with Crippen molar-refractivity contribution in [3.8, 4) is 11.6 Å². The fraction of sp³-hybridized carbons (Fsp3) is 0.214. The Morgan fingerprint density at radius 1 is 1.35 bits per heavy atom. The highest BCUT2D eigenvalue weighted by molar-refractivity contribution is 6.00. The van der Waals surface area contributed by atoms with Gasteiger partial charge in [-0.15, -0.1) is 0 Å². The van der Waals surface area contributed by atoms with Gasteiger partial charge in [0.25, 0.3) is 0 Å². The number of anilines is 1. The number of methoxy groups -OCH3 is 1. The zero-order valence-electron chi connectivity index (χ0n) is 10.9. The van der Waals surface area contributed by atoms with Gasteiger partial charge in [-0.1, -0.05) is 12.1 Å². The minimum Gasteiger partial charge on any atom is -0.479 e. The van der Waals surface area contributed by atoms with Crippen molar-refractivity contribution in [1.82, 2.24) is 9.97 Å². The van der Waals surface area contributed by atoms with Crippen LogP contribution in [0.3, 0.4) is 0 Å². The summed E-state index contributed by atoms with van der Waals surface area (Å²) in [7, 11) is 1.45. The molecule has 0 aliphatic carbocycles. The van der Waals surface area contributed by atoms with Crippen molar-refractivity contribution < 1.29 is 14.3 Å². The van der Waals surface area contributed by atoms with Crippen molar-refractivity contribution in [3.05, 3.63) is 42.4 Å². The molecule has 0 spiro atoms. The summed E-state index contributed by atoms with van der Waals surface area (Å²) in [4.78, 5) is 20.5. The van der Waals surface area contributed by atoms with Crippen molar-refractivity contribution >= 4 is 11.5 Å². The van der Waals surface area contributed by atoms with Crippen LogP contribution in [0.1, 0.15) is 10.5 Å². The van der Waals surface area contributed by atoms with Gasteiger partial charge in [-0.2, -0.15) is 0 Å². The number of hydrogen-bond acceptors (Lipinski definition) is 6. The molecule has 1 aliphatic rings. The highest BCUT2D eigenvalue weighted by atomic mass is 16.5. The zero-order valence-corrected chi connectivity index (χ0v) is 10.9. The Morgan fingerprint density at radius 3 is 3.00 bits per heavy atom. The molecule has 1 unspecified atom stereocenters. The molecule has 0 saturated heterocycles. The Kier molecular flexibility index (Phi) is 3.20. The SMILES string of the molecule is COc1nccnc1C(=O)C1CNc2ccccc2O1. The van der Waals surface area contributed by atoms with Gasteiger partial charge in [-0.05, 0) is 12.1 Å². The average molecular weight is 271 g/mol. The van der Waals surface area contributed by atoms with E-state index in [0.717, 1.165) is 5.69 Å². The molecule has 0 amide bonds. The van der Waals surface area contributed by atoms with Gasteiger partial charge >= 0.3 is 0 Å². The maximum Gasteiger partial charge on any atom is 0.243 e. The van der Waals surface area contributed by atoms with E-state index in [1.165, 1.54) is 19.5 Å². The van der Waals surface area contributed by atoms with Crippen molar-refractivity contribution in [2.24, 2.45) is 0 Å². The first-order valence-electron chi connectivity index (χ1n) is 6.18. The maximum atomic E-state index is 12.4. The number of fused-ring (bicyclic) bond motifs is 1. The molecule has 0 bridgehead atoms. The number of ketones is 1. The number of benzene rings is 1. The summed E-state index contributed by atoms with van der Waals surface area (Å²) in [6.07, 6.45) is 2.29. The van der Waals surface area contributed by atoms with Crippen LogP contribution in [0.4, 0.5) is 5.69 Å². The van der Waals surface area contributed by atoms with Crippen LogP contribution in [0.2, 0.25) is 0 Å². The van der Waals surface area contributed by atoms with Crippen molar-refractivity contribution in [1.29, 1.82) is 0 Å². The summed E-state index contributed by atoms with van der Waals surface area (Å²) in [5.74, 6) is 0.608. The van der Waals surface area contributed by atoms with Crippen LogP contribution in [0.5, 0.6) is 11.6 Å². The van der Waals surface area contributed by atoms with E-state index in [4.69, 9.17) is 9.47 Å². The molecule has 1 aliphatic heterocycles. The molecule has 6 nitrogen and oxygen atoms in total. The second-order valence-electron chi connectivity index (χ2n) is 4.26. The number of carbonyl (C=O) groups excluding carboxylic acids is 1. The second-order valence-corrected chi connectivity index (χ2v) is 4.26. The normalized spacial score (nSPS) is 16.6. The number of Topliss-reactive ketones (excluding diaryl/α,β-unsaturated/α-hetero) is 1. The smallest absolute Gasteiger partial charge is 0.243 e. The van der Waals surface area contributed by atoms with Gasteiger partial charge in [0, 0.05) is 12.4 Å². The molecule has 1 N–H and O–H groups in total. The van der Waals surface area contributed by atoms with Gasteiger partial charge in [0.1, 0.15) is 5.75 Å². The number of nitrogens with zero attached hydrogens (tertiary/aromatic N) is 2. The molecule has 1 aromatic carbocycles. The topological polar surface area (TPSA) is 73.3 Å². The molecule has 3 rings (SSSR count). The zero-order chi connectivity index (χ0) is 13.9. The summed E-state index contributed by atoms with van der Waals surface area (Å²) >= 11 is 0. The largest absolute Gasteiger partial charge is 0.479 e. The summed E-state index contributed by atoms with van der Waals surface area (Å²) in [5, 5.41) is 3.17. The molecule has 2 heterocycles. The van der Waals surface area contributed by atoms with Gasteiger partial charge in [-0.3, -0.25) is 4.79 Å². The van der Waals surface area contributed by atoms with Crippen LogP contribution >= 0.6 is 0 Å². The molecular formula is C14H13N3O3. The fourth-order valence-corrected chi connectivity index (χ4v) is 2.06. The predicted molar refractivity (Wildman–Crippen MR) is 72.3 cm³/mol. The summed E-state index contributed by atoms with van der Waals surface area (Å²) < 4.78 is 10.8. The van der Waals surface area contributed by atoms with E-state index in [1.54, 1.807) is 0 Å². The molecule has 6 heteroatoms. The minimum atomic E-state index is -0.643. The molecule has 20 heavy (non-hydrogen) atoms. The van der Waals surface area contributed by atoms with Gasteiger partial charge in [0.2, 0.25) is 11.7 Å². The number of hydrogen-bond donors (Lipinski definition) is 1. The minimum absolute atomic E-state index is 0.182. The molecule has 1 atom stereocenters. The highest BCUT2D eigenvalue weighted by Gasteiger charge is 2.30. The van der Waals surface area contributed by atoms with Crippen LogP contribution in [0.25, 0.3) is 0 Å². The predicted octanol–water partition coefficient (Wildman–Crippen LogP) is 1.54. The van der Waals surface area contributed by atoms with Crippen molar-refractivity contribution in [2.45, 2.75) is 6.10 Å². The summed E-state index contributed by atoms with van der Waals surface area (Å²) in [6.45, 7) is 0.384.